The fraction of sp³-hybridized carbons (Fsp3) is 0.103. The molecule has 6 nitrogen and oxygen atoms in total. The van der Waals surface area contributed by atoms with Crippen molar-refractivity contribution >= 4 is 62.9 Å². The molecule has 8 heteroatoms. The Bertz CT molecular complexity index is 1890. The van der Waals surface area contributed by atoms with Crippen LogP contribution in [0.2, 0.25) is 0 Å². The normalized spacial score (nSPS) is 11.8. The highest BCUT2D eigenvalue weighted by atomic mass is 79.9. The lowest BCUT2D eigenvalue weighted by Gasteiger charge is -2.20. The molecule has 0 radical (unpaired) electrons. The van der Waals surface area contributed by atoms with Crippen molar-refractivity contribution in [1.82, 2.24) is 5.32 Å². The molecule has 0 heterocycles. The zero-order valence-corrected chi connectivity index (χ0v) is 28.4. The van der Waals surface area contributed by atoms with Crippen molar-refractivity contribution in [2.75, 3.05) is 10.6 Å². The Morgan fingerprint density at radius 2 is 1.47 bits per heavy atom. The van der Waals surface area contributed by atoms with Crippen LogP contribution < -0.4 is 16.0 Å². The van der Waals surface area contributed by atoms with Gasteiger partial charge in [0.15, 0.2) is 0 Å². The van der Waals surface area contributed by atoms with Gasteiger partial charge in [0.25, 0.3) is 11.8 Å². The first-order valence-electron chi connectivity index (χ1n) is 15.2. The van der Waals surface area contributed by atoms with Crippen molar-refractivity contribution in [2.45, 2.75) is 30.4 Å². The van der Waals surface area contributed by atoms with Crippen molar-refractivity contribution in [2.24, 2.45) is 0 Å². The highest BCUT2D eigenvalue weighted by molar-refractivity contribution is 9.10. The van der Waals surface area contributed by atoms with Gasteiger partial charge in [-0.3, -0.25) is 14.4 Å². The predicted octanol–water partition coefficient (Wildman–Crippen LogP) is 9.20. The lowest BCUT2D eigenvalue weighted by atomic mass is 10.1. The van der Waals surface area contributed by atoms with Gasteiger partial charge in [-0.1, -0.05) is 102 Å². The van der Waals surface area contributed by atoms with Crippen molar-refractivity contribution in [3.8, 4) is 0 Å². The second kappa shape index (κ2) is 16.1. The first kappa shape index (κ1) is 33.4. The summed E-state index contributed by atoms with van der Waals surface area (Å²) in [5.74, 6) is -0.976. The van der Waals surface area contributed by atoms with E-state index in [1.165, 1.54) is 11.8 Å². The second-order valence-corrected chi connectivity index (χ2v) is 12.9. The molecule has 5 aromatic rings. The average molecular weight is 705 g/mol. The minimum atomic E-state index is -0.506. The van der Waals surface area contributed by atoms with Gasteiger partial charge in [-0.25, -0.2) is 0 Å². The minimum absolute atomic E-state index is 0.0962. The Hall–Kier alpha value is -4.92. The summed E-state index contributed by atoms with van der Waals surface area (Å²) in [6.45, 7) is 4.07. The van der Waals surface area contributed by atoms with Gasteiger partial charge in [-0.2, -0.15) is 0 Å². The Labute approximate surface area is 287 Å². The fourth-order valence-electron chi connectivity index (χ4n) is 4.95. The minimum Gasteiger partial charge on any atom is -0.324 e. The first-order valence-corrected chi connectivity index (χ1v) is 16.8. The number of rotatable bonds is 11. The topological polar surface area (TPSA) is 87.3 Å². The molecule has 3 N–H and O–H groups in total. The van der Waals surface area contributed by atoms with E-state index in [-0.39, 0.29) is 11.6 Å². The number of benzene rings is 5. The largest absolute Gasteiger partial charge is 0.324 e. The number of hydrogen-bond acceptors (Lipinski definition) is 4. The van der Waals surface area contributed by atoms with Crippen LogP contribution in [0.5, 0.6) is 0 Å². The first-order chi connectivity index (χ1) is 22.8. The number of aryl methyl sites for hydroxylation is 2. The fourth-order valence-corrected chi connectivity index (χ4v) is 6.39. The molecule has 236 valence electrons. The van der Waals surface area contributed by atoms with Crippen LogP contribution >= 0.6 is 27.7 Å². The van der Waals surface area contributed by atoms with Gasteiger partial charge in [-0.15, -0.1) is 11.8 Å². The van der Waals surface area contributed by atoms with Crippen molar-refractivity contribution in [3.05, 3.63) is 165 Å². The van der Waals surface area contributed by atoms with Gasteiger partial charge >= 0.3 is 0 Å². The summed E-state index contributed by atoms with van der Waals surface area (Å²) in [6, 6.07) is 39.2. The van der Waals surface area contributed by atoms with E-state index in [9.17, 15) is 14.4 Å². The van der Waals surface area contributed by atoms with Crippen LogP contribution in [0.4, 0.5) is 11.4 Å². The van der Waals surface area contributed by atoms with Gasteiger partial charge < -0.3 is 16.0 Å². The lowest BCUT2D eigenvalue weighted by molar-refractivity contribution is -0.116. The summed E-state index contributed by atoms with van der Waals surface area (Å²) >= 11 is 4.89. The molecule has 47 heavy (non-hydrogen) atoms. The summed E-state index contributed by atoms with van der Waals surface area (Å²) in [6.07, 6.45) is 2.44. The molecule has 0 aromatic heterocycles. The molecule has 0 saturated carbocycles. The van der Waals surface area contributed by atoms with E-state index in [2.05, 4.69) is 38.8 Å². The van der Waals surface area contributed by atoms with Gasteiger partial charge in [0.1, 0.15) is 10.9 Å². The van der Waals surface area contributed by atoms with Crippen LogP contribution in [0.3, 0.4) is 0 Å². The molecule has 3 amide bonds. The molecule has 1 unspecified atom stereocenters. The number of thioether (sulfide) groups is 1. The molecule has 0 bridgehead atoms. The number of carbonyl (C=O) groups is 3. The molecule has 1 atom stereocenters. The lowest BCUT2D eigenvalue weighted by Crippen LogP contribution is -2.30. The van der Waals surface area contributed by atoms with Crippen molar-refractivity contribution in [1.29, 1.82) is 0 Å². The Morgan fingerprint density at radius 3 is 2.15 bits per heavy atom. The summed E-state index contributed by atoms with van der Waals surface area (Å²) in [5, 5.41) is 8.35. The van der Waals surface area contributed by atoms with Crippen LogP contribution in [-0.2, 0) is 16.0 Å². The molecular formula is C39H34BrN3O3S. The third-order valence-corrected chi connectivity index (χ3v) is 9.14. The third-order valence-electron chi connectivity index (χ3n) is 7.38. The number of anilines is 2. The van der Waals surface area contributed by atoms with E-state index < -0.39 is 17.1 Å². The number of nitrogens with one attached hydrogen (secondary N) is 3. The average Bonchev–Trinajstić information content (AvgIpc) is 3.09. The molecule has 0 fully saturated rings. The standard InChI is InChI=1S/C39H34BrN3O3S/c1-3-28-18-10-12-26(2)35(28)43-39(46)36(29-14-6-4-7-15-29)47-33-22-20-32(21-23-33)41-38(45)34(25-27-13-11-19-31(40)24-27)42-37(44)30-16-8-5-9-17-30/h4-25,36H,3H2,1-2H3,(H,41,45)(H,42,44)(H,43,46)/b34-25-. The van der Waals surface area contributed by atoms with Crippen molar-refractivity contribution in [3.63, 3.8) is 0 Å². The zero-order chi connectivity index (χ0) is 33.2. The number of para-hydroxylation sites is 1. The van der Waals surface area contributed by atoms with Crippen LogP contribution in [0.15, 0.2) is 142 Å². The molecule has 5 rings (SSSR count). The van der Waals surface area contributed by atoms with E-state index in [1.54, 1.807) is 42.5 Å². The quantitative estimate of drug-likeness (QED) is 0.0946. The Kier molecular flexibility index (Phi) is 11.4. The molecular weight excluding hydrogens is 670 g/mol. The van der Waals surface area contributed by atoms with Gasteiger partial charge in [0.05, 0.1) is 0 Å². The highest BCUT2D eigenvalue weighted by Gasteiger charge is 2.24. The van der Waals surface area contributed by atoms with Crippen LogP contribution in [0.25, 0.3) is 6.08 Å². The van der Waals surface area contributed by atoms with E-state index in [1.807, 2.05) is 97.9 Å². The Balaban J connectivity index is 1.34. The van der Waals surface area contributed by atoms with E-state index in [0.717, 1.165) is 43.7 Å². The monoisotopic (exact) mass is 703 g/mol. The summed E-state index contributed by atoms with van der Waals surface area (Å²) in [5.41, 5.74) is 5.66. The van der Waals surface area contributed by atoms with E-state index >= 15 is 0 Å². The van der Waals surface area contributed by atoms with Gasteiger partial charge in [-0.05, 0) is 90.2 Å². The molecule has 0 aliphatic rings. The summed E-state index contributed by atoms with van der Waals surface area (Å²) < 4.78 is 0.848. The molecule has 0 saturated heterocycles. The highest BCUT2D eigenvalue weighted by Crippen LogP contribution is 2.37. The summed E-state index contributed by atoms with van der Waals surface area (Å²) in [7, 11) is 0. The number of hydrogen-bond donors (Lipinski definition) is 3. The number of carbonyl (C=O) groups excluding carboxylic acids is 3. The predicted molar refractivity (Wildman–Crippen MR) is 195 cm³/mol. The van der Waals surface area contributed by atoms with Crippen LogP contribution in [-0.4, -0.2) is 17.7 Å². The molecule has 0 spiro atoms. The zero-order valence-electron chi connectivity index (χ0n) is 26.0. The summed E-state index contributed by atoms with van der Waals surface area (Å²) in [4.78, 5) is 41.1. The number of halogens is 1. The van der Waals surface area contributed by atoms with Gasteiger partial charge in [0.2, 0.25) is 5.91 Å². The third kappa shape index (κ3) is 9.09. The second-order valence-electron chi connectivity index (χ2n) is 10.8. The van der Waals surface area contributed by atoms with Crippen molar-refractivity contribution < 1.29 is 14.4 Å². The maximum Gasteiger partial charge on any atom is 0.272 e. The number of amides is 3. The maximum atomic E-state index is 13.8. The molecule has 0 aliphatic heterocycles. The van der Waals surface area contributed by atoms with E-state index in [0.29, 0.717) is 11.3 Å². The molecule has 0 aliphatic carbocycles. The van der Waals surface area contributed by atoms with Crippen LogP contribution in [0, 0.1) is 6.92 Å². The molecule has 5 aromatic carbocycles. The Morgan fingerprint density at radius 1 is 0.787 bits per heavy atom. The van der Waals surface area contributed by atoms with Gasteiger partial charge in [0, 0.05) is 26.3 Å². The smallest absolute Gasteiger partial charge is 0.272 e. The van der Waals surface area contributed by atoms with Crippen LogP contribution in [0.1, 0.15) is 44.8 Å². The maximum absolute atomic E-state index is 13.8. The SMILES string of the molecule is CCc1cccc(C)c1NC(=O)C(Sc1ccc(NC(=O)/C(=C/c2cccc(Br)c2)NC(=O)c2ccccc2)cc1)c1ccccc1. The van der Waals surface area contributed by atoms with E-state index in [4.69, 9.17) is 0 Å².